The van der Waals surface area contributed by atoms with Gasteiger partial charge in [0.2, 0.25) is 0 Å². The van der Waals surface area contributed by atoms with Crippen LogP contribution in [-0.2, 0) is 11.2 Å². The zero-order valence-corrected chi connectivity index (χ0v) is 17.8. The Morgan fingerprint density at radius 3 is 2.73 bits per heavy atom. The second kappa shape index (κ2) is 8.20. The van der Waals surface area contributed by atoms with Gasteiger partial charge < -0.3 is 14.4 Å². The number of amides is 2. The normalized spacial score (nSPS) is 12.1. The first-order valence-corrected chi connectivity index (χ1v) is 10.4. The minimum atomic E-state index is -0.535. The molecule has 0 atom stereocenters. The van der Waals surface area contributed by atoms with Crippen LogP contribution in [0.4, 0.5) is 16.2 Å². The summed E-state index contributed by atoms with van der Waals surface area (Å²) in [6.45, 7) is 2.50. The molecule has 0 saturated carbocycles. The third kappa shape index (κ3) is 3.76. The lowest BCUT2D eigenvalue weighted by molar-refractivity contribution is 0.0996. The Hall–Kier alpha value is -3.32. The first-order valence-electron chi connectivity index (χ1n) is 9.56. The summed E-state index contributed by atoms with van der Waals surface area (Å²) in [6, 6.07) is 15.3. The van der Waals surface area contributed by atoms with Crippen molar-refractivity contribution < 1.29 is 19.1 Å². The lowest BCUT2D eigenvalue weighted by Gasteiger charge is -2.18. The lowest BCUT2D eigenvalue weighted by atomic mass is 10.1. The molecular formula is C23H22N2O4S. The summed E-state index contributed by atoms with van der Waals surface area (Å²) in [4.78, 5) is 28.1. The van der Waals surface area contributed by atoms with Gasteiger partial charge in [0.15, 0.2) is 0 Å². The zero-order chi connectivity index (χ0) is 21.3. The fourth-order valence-corrected chi connectivity index (χ4v) is 4.73. The number of aryl methyl sites for hydroxylation is 1. The molecule has 0 radical (unpaired) electrons. The number of nitrogens with zero attached hydrogens (tertiary/aromatic N) is 1. The lowest BCUT2D eigenvalue weighted by Crippen LogP contribution is -2.26. The van der Waals surface area contributed by atoms with Gasteiger partial charge in [-0.3, -0.25) is 10.1 Å². The summed E-state index contributed by atoms with van der Waals surface area (Å²) in [5, 5.41) is 2.65. The predicted octanol–water partition coefficient (Wildman–Crippen LogP) is 5.11. The Labute approximate surface area is 179 Å². The summed E-state index contributed by atoms with van der Waals surface area (Å²) < 4.78 is 10.5. The number of nitrogens with one attached hydrogen (secondary N) is 1. The van der Waals surface area contributed by atoms with Gasteiger partial charge in [-0.15, -0.1) is 11.3 Å². The highest BCUT2D eigenvalue weighted by atomic mass is 32.1. The van der Waals surface area contributed by atoms with E-state index >= 15 is 0 Å². The van der Waals surface area contributed by atoms with Gasteiger partial charge in [0.05, 0.1) is 18.6 Å². The van der Waals surface area contributed by atoms with Crippen molar-refractivity contribution in [2.45, 2.75) is 13.3 Å². The largest absolute Gasteiger partial charge is 0.492 e. The van der Waals surface area contributed by atoms with Crippen molar-refractivity contribution in [2.24, 2.45) is 0 Å². The molecule has 7 heteroatoms. The number of carbonyl (C=O) groups is 2. The summed E-state index contributed by atoms with van der Waals surface area (Å²) in [7, 11) is 3.12. The number of fused-ring (bicyclic) bond motifs is 3. The van der Waals surface area contributed by atoms with Crippen LogP contribution in [0.3, 0.4) is 0 Å². The number of anilines is 2. The third-order valence-electron chi connectivity index (χ3n) is 5.09. The minimum Gasteiger partial charge on any atom is -0.492 e. The van der Waals surface area contributed by atoms with Crippen LogP contribution in [0.2, 0.25) is 0 Å². The quantitative estimate of drug-likeness (QED) is 0.637. The van der Waals surface area contributed by atoms with E-state index in [0.717, 1.165) is 27.3 Å². The van der Waals surface area contributed by atoms with Gasteiger partial charge in [0.1, 0.15) is 5.75 Å². The molecule has 1 aromatic heterocycles. The molecule has 0 fully saturated rings. The van der Waals surface area contributed by atoms with Crippen LogP contribution in [0.25, 0.3) is 10.4 Å². The van der Waals surface area contributed by atoms with E-state index in [-0.39, 0.29) is 5.91 Å². The van der Waals surface area contributed by atoms with Crippen LogP contribution in [-0.4, -0.2) is 32.8 Å². The summed E-state index contributed by atoms with van der Waals surface area (Å²) in [6.07, 6.45) is 0.175. The first-order chi connectivity index (χ1) is 14.5. The van der Waals surface area contributed by atoms with Gasteiger partial charge >= 0.3 is 6.09 Å². The Kier molecular flexibility index (Phi) is 5.46. The van der Waals surface area contributed by atoms with E-state index in [1.807, 2.05) is 43.3 Å². The highest BCUT2D eigenvalue weighted by Crippen LogP contribution is 2.42. The van der Waals surface area contributed by atoms with E-state index in [0.29, 0.717) is 29.3 Å². The number of benzene rings is 2. The van der Waals surface area contributed by atoms with Crippen molar-refractivity contribution in [1.82, 2.24) is 0 Å². The Balaban J connectivity index is 1.66. The number of para-hydroxylation sites is 1. The smallest absolute Gasteiger partial charge is 0.411 e. The van der Waals surface area contributed by atoms with Crippen LogP contribution < -0.4 is 15.0 Å². The van der Waals surface area contributed by atoms with Gasteiger partial charge in [-0.05, 0) is 42.3 Å². The average Bonchev–Trinajstić information content (AvgIpc) is 3.09. The van der Waals surface area contributed by atoms with Gasteiger partial charge in [0, 0.05) is 41.4 Å². The van der Waals surface area contributed by atoms with Crippen LogP contribution in [0, 0.1) is 6.92 Å². The van der Waals surface area contributed by atoms with Crippen molar-refractivity contribution in [3.8, 4) is 16.2 Å². The molecule has 154 valence electrons. The molecule has 1 aliphatic heterocycles. The van der Waals surface area contributed by atoms with Crippen LogP contribution in [0.5, 0.6) is 5.75 Å². The van der Waals surface area contributed by atoms with Crippen molar-refractivity contribution >= 4 is 34.7 Å². The summed E-state index contributed by atoms with van der Waals surface area (Å²) >= 11 is 1.47. The Morgan fingerprint density at radius 2 is 1.97 bits per heavy atom. The van der Waals surface area contributed by atoms with E-state index < -0.39 is 6.09 Å². The molecule has 0 unspecified atom stereocenters. The number of thiophene rings is 1. The summed E-state index contributed by atoms with van der Waals surface area (Å²) in [5.74, 6) is 0.643. The molecule has 2 heterocycles. The number of hydrogen-bond donors (Lipinski definition) is 1. The van der Waals surface area contributed by atoms with E-state index in [9.17, 15) is 9.59 Å². The molecule has 2 amide bonds. The maximum absolute atomic E-state index is 13.2. The summed E-state index contributed by atoms with van der Waals surface area (Å²) in [5.41, 5.74) is 4.55. The average molecular weight is 423 g/mol. The van der Waals surface area contributed by atoms with E-state index in [2.05, 4.69) is 10.1 Å². The number of ether oxygens (including phenoxy) is 2. The first kappa shape index (κ1) is 20.0. The number of carbonyl (C=O) groups excluding carboxylic acids is 2. The second-order valence-electron chi connectivity index (χ2n) is 7.04. The molecule has 0 saturated heterocycles. The molecule has 2 aromatic carbocycles. The van der Waals surface area contributed by atoms with E-state index in [4.69, 9.17) is 4.74 Å². The van der Waals surface area contributed by atoms with E-state index in [1.165, 1.54) is 18.4 Å². The van der Waals surface area contributed by atoms with E-state index in [1.54, 1.807) is 24.1 Å². The standard InChI is InChI=1S/C23H22N2O4S/c1-14-6-4-5-7-18(14)25(2)22(26)20-12-15-10-11-29-19-13-16(24-23(27)28-3)8-9-17(19)21(15)30-20/h4-9,12-13H,10-11H2,1-3H3,(H,24,27). The highest BCUT2D eigenvalue weighted by Gasteiger charge is 2.24. The molecule has 3 aromatic rings. The van der Waals surface area contributed by atoms with Crippen molar-refractivity contribution in [1.29, 1.82) is 0 Å². The van der Waals surface area contributed by atoms with Crippen molar-refractivity contribution in [3.05, 3.63) is 64.5 Å². The van der Waals surface area contributed by atoms with Gasteiger partial charge in [0.25, 0.3) is 5.91 Å². The molecular weight excluding hydrogens is 400 g/mol. The monoisotopic (exact) mass is 422 g/mol. The fourth-order valence-electron chi connectivity index (χ4n) is 3.51. The molecule has 6 nitrogen and oxygen atoms in total. The number of methoxy groups -OCH3 is 1. The minimum absolute atomic E-state index is 0.0335. The fraction of sp³-hybridized carbons (Fsp3) is 0.217. The third-order valence-corrected chi connectivity index (χ3v) is 6.29. The van der Waals surface area contributed by atoms with Gasteiger partial charge in [-0.1, -0.05) is 18.2 Å². The molecule has 30 heavy (non-hydrogen) atoms. The molecule has 1 N–H and O–H groups in total. The molecule has 0 spiro atoms. The SMILES string of the molecule is COC(=O)Nc1ccc2c(c1)OCCc1cc(C(=O)N(C)c3ccccc3C)sc1-2. The van der Waals surface area contributed by atoms with Crippen LogP contribution >= 0.6 is 11.3 Å². The maximum Gasteiger partial charge on any atom is 0.411 e. The number of hydrogen-bond acceptors (Lipinski definition) is 5. The molecule has 4 rings (SSSR count). The van der Waals surface area contributed by atoms with Gasteiger partial charge in [-0.2, -0.15) is 0 Å². The maximum atomic E-state index is 13.2. The van der Waals surface area contributed by atoms with Crippen molar-refractivity contribution in [3.63, 3.8) is 0 Å². The number of rotatable bonds is 3. The molecule has 1 aliphatic rings. The Bertz CT molecular complexity index is 1120. The molecule has 0 bridgehead atoms. The topological polar surface area (TPSA) is 67.9 Å². The van der Waals surface area contributed by atoms with Crippen LogP contribution in [0.15, 0.2) is 48.5 Å². The zero-order valence-electron chi connectivity index (χ0n) is 17.0. The predicted molar refractivity (Wildman–Crippen MR) is 119 cm³/mol. The highest BCUT2D eigenvalue weighted by molar-refractivity contribution is 7.17. The second-order valence-corrected chi connectivity index (χ2v) is 8.09. The Morgan fingerprint density at radius 1 is 1.17 bits per heavy atom. The molecule has 0 aliphatic carbocycles. The van der Waals surface area contributed by atoms with Crippen LogP contribution in [0.1, 0.15) is 20.8 Å². The van der Waals surface area contributed by atoms with Gasteiger partial charge in [-0.25, -0.2) is 4.79 Å². The van der Waals surface area contributed by atoms with Crippen molar-refractivity contribution in [2.75, 3.05) is 31.0 Å².